The molecule has 0 spiro atoms. The van der Waals surface area contributed by atoms with Gasteiger partial charge in [0.2, 0.25) is 5.82 Å². The maximum Gasteiger partial charge on any atom is 0.372 e. The Hall–Kier alpha value is -2.45. The first kappa shape index (κ1) is 17.4. The Kier molecular flexibility index (Phi) is 5.30. The zero-order valence-corrected chi connectivity index (χ0v) is 14.0. The summed E-state index contributed by atoms with van der Waals surface area (Å²) in [6.45, 7) is 0.829. The number of aromatic nitrogens is 2. The second kappa shape index (κ2) is 7.62. The van der Waals surface area contributed by atoms with Gasteiger partial charge in [0.05, 0.1) is 10.8 Å². The Bertz CT molecular complexity index is 639. The monoisotopic (exact) mass is 350 g/mol. The molecule has 1 saturated carbocycles. The summed E-state index contributed by atoms with van der Waals surface area (Å²) in [5.41, 5.74) is -0.221. The van der Waals surface area contributed by atoms with Gasteiger partial charge in [-0.15, -0.1) is 0 Å². The summed E-state index contributed by atoms with van der Waals surface area (Å²) >= 11 is 0. The summed E-state index contributed by atoms with van der Waals surface area (Å²) in [5, 5.41) is 20.7. The first-order valence-corrected chi connectivity index (χ1v) is 8.70. The molecule has 1 aromatic rings. The minimum atomic E-state index is -0.821. The van der Waals surface area contributed by atoms with E-state index in [-0.39, 0.29) is 23.5 Å². The third kappa shape index (κ3) is 3.97. The second-order valence-electron chi connectivity index (χ2n) is 6.59. The van der Waals surface area contributed by atoms with Gasteiger partial charge in [0.25, 0.3) is 5.88 Å². The summed E-state index contributed by atoms with van der Waals surface area (Å²) in [5.74, 6) is -0.995. The molecular formula is C16H22N4O5. The number of nitrogens with zero attached hydrogens (tertiary/aromatic N) is 4. The number of rotatable bonds is 5. The average molecular weight is 350 g/mol. The zero-order valence-electron chi connectivity index (χ0n) is 14.0. The number of hydrogen-bond acceptors (Lipinski definition) is 7. The number of nitro groups is 1. The van der Waals surface area contributed by atoms with Crippen molar-refractivity contribution in [1.82, 2.24) is 9.97 Å². The maximum atomic E-state index is 11.6. The van der Waals surface area contributed by atoms with Gasteiger partial charge in [-0.25, -0.2) is 4.98 Å². The minimum Gasteiger partial charge on any atom is -0.481 e. The first-order valence-electron chi connectivity index (χ1n) is 8.70. The molecule has 0 aromatic carbocycles. The number of ether oxygens (including phenoxy) is 1. The van der Waals surface area contributed by atoms with E-state index in [2.05, 4.69) is 9.97 Å². The molecule has 9 nitrogen and oxygen atoms in total. The van der Waals surface area contributed by atoms with Crippen LogP contribution in [0.4, 0.5) is 11.5 Å². The summed E-state index contributed by atoms with van der Waals surface area (Å²) in [6.07, 6.45) is 7.14. The predicted octanol–water partition coefficient (Wildman–Crippen LogP) is 2.40. The van der Waals surface area contributed by atoms with Gasteiger partial charge in [-0.05, 0) is 38.5 Å². The Morgan fingerprint density at radius 1 is 1.20 bits per heavy atom. The van der Waals surface area contributed by atoms with Gasteiger partial charge in [-0.1, -0.05) is 6.42 Å². The molecular weight excluding hydrogens is 328 g/mol. The van der Waals surface area contributed by atoms with Crippen molar-refractivity contribution in [2.45, 2.75) is 51.0 Å². The number of carboxylic acids is 1. The summed E-state index contributed by atoms with van der Waals surface area (Å²) < 4.78 is 5.83. The number of piperidine rings is 1. The van der Waals surface area contributed by atoms with Gasteiger partial charge in [-0.2, -0.15) is 4.98 Å². The lowest BCUT2D eigenvalue weighted by Gasteiger charge is -2.30. The van der Waals surface area contributed by atoms with Crippen molar-refractivity contribution in [3.05, 3.63) is 16.4 Å². The average Bonchev–Trinajstić information content (AvgIpc) is 2.62. The molecule has 1 N–H and O–H groups in total. The molecule has 1 aliphatic heterocycles. The van der Waals surface area contributed by atoms with Gasteiger partial charge >= 0.3 is 11.7 Å². The zero-order chi connectivity index (χ0) is 17.8. The standard InChI is InChI=1S/C16H22N4O5/c21-16(22)11-6-8-19(9-7-11)14-13(20(23)24)15(18-10-17-14)25-12-4-2-1-3-5-12/h10-12H,1-9H2,(H,21,22). The summed E-state index contributed by atoms with van der Waals surface area (Å²) in [7, 11) is 0. The quantitative estimate of drug-likeness (QED) is 0.635. The van der Waals surface area contributed by atoms with E-state index in [1.54, 1.807) is 4.90 Å². The fraction of sp³-hybridized carbons (Fsp3) is 0.688. The maximum absolute atomic E-state index is 11.6. The number of hydrogen-bond donors (Lipinski definition) is 1. The lowest BCUT2D eigenvalue weighted by atomic mass is 9.97. The normalized spacial score (nSPS) is 19.6. The highest BCUT2D eigenvalue weighted by Gasteiger charge is 2.33. The van der Waals surface area contributed by atoms with Gasteiger partial charge in [0, 0.05) is 13.1 Å². The number of anilines is 1. The summed E-state index contributed by atoms with van der Waals surface area (Å²) in [4.78, 5) is 32.0. The molecule has 0 amide bonds. The van der Waals surface area contributed by atoms with Crippen LogP contribution in [-0.4, -0.2) is 45.2 Å². The van der Waals surface area contributed by atoms with Crippen molar-refractivity contribution in [3.63, 3.8) is 0 Å². The van der Waals surface area contributed by atoms with Crippen LogP contribution in [-0.2, 0) is 4.79 Å². The second-order valence-corrected chi connectivity index (χ2v) is 6.59. The van der Waals surface area contributed by atoms with Gasteiger partial charge in [-0.3, -0.25) is 14.9 Å². The smallest absolute Gasteiger partial charge is 0.372 e. The molecule has 2 heterocycles. The van der Waals surface area contributed by atoms with E-state index in [1.807, 2.05) is 0 Å². The molecule has 1 aromatic heterocycles. The van der Waals surface area contributed by atoms with Crippen molar-refractivity contribution in [2.24, 2.45) is 5.92 Å². The van der Waals surface area contributed by atoms with Crippen molar-refractivity contribution in [3.8, 4) is 5.88 Å². The van der Waals surface area contributed by atoms with Crippen molar-refractivity contribution in [2.75, 3.05) is 18.0 Å². The van der Waals surface area contributed by atoms with Gasteiger partial charge < -0.3 is 14.7 Å². The van der Waals surface area contributed by atoms with Crippen LogP contribution in [0.1, 0.15) is 44.9 Å². The van der Waals surface area contributed by atoms with Crippen LogP contribution in [0.5, 0.6) is 5.88 Å². The summed E-state index contributed by atoms with van der Waals surface area (Å²) in [6, 6.07) is 0. The fourth-order valence-corrected chi connectivity index (χ4v) is 3.51. The highest BCUT2D eigenvalue weighted by Crippen LogP contribution is 2.37. The minimum absolute atomic E-state index is 0.0160. The molecule has 9 heteroatoms. The van der Waals surface area contributed by atoms with Crippen LogP contribution in [0.3, 0.4) is 0 Å². The van der Waals surface area contributed by atoms with Gasteiger partial charge in [0.15, 0.2) is 0 Å². The molecule has 136 valence electrons. The first-order chi connectivity index (χ1) is 12.1. The Balaban J connectivity index is 1.80. The van der Waals surface area contributed by atoms with Crippen molar-refractivity contribution in [1.29, 1.82) is 0 Å². The Morgan fingerprint density at radius 3 is 2.48 bits per heavy atom. The third-order valence-corrected chi connectivity index (χ3v) is 4.93. The van der Waals surface area contributed by atoms with E-state index < -0.39 is 16.8 Å². The fourth-order valence-electron chi connectivity index (χ4n) is 3.51. The van der Waals surface area contributed by atoms with Crippen LogP contribution in [0.25, 0.3) is 0 Å². The molecule has 1 aliphatic carbocycles. The molecule has 0 bridgehead atoms. The predicted molar refractivity (Wildman–Crippen MR) is 88.8 cm³/mol. The van der Waals surface area contributed by atoms with E-state index in [0.717, 1.165) is 32.1 Å². The highest BCUT2D eigenvalue weighted by molar-refractivity contribution is 5.71. The highest BCUT2D eigenvalue weighted by atomic mass is 16.6. The van der Waals surface area contributed by atoms with Crippen molar-refractivity contribution >= 4 is 17.5 Å². The molecule has 1 saturated heterocycles. The van der Waals surface area contributed by atoms with Crippen molar-refractivity contribution < 1.29 is 19.6 Å². The van der Waals surface area contributed by atoms with Gasteiger partial charge in [0.1, 0.15) is 12.4 Å². The number of carboxylic acid groups (broad SMARTS) is 1. The third-order valence-electron chi connectivity index (χ3n) is 4.93. The molecule has 2 fully saturated rings. The molecule has 0 unspecified atom stereocenters. The van der Waals surface area contributed by atoms with Crippen LogP contribution < -0.4 is 9.64 Å². The van der Waals surface area contributed by atoms with E-state index in [9.17, 15) is 14.9 Å². The number of aliphatic carboxylic acids is 1. The molecule has 0 atom stereocenters. The Morgan fingerprint density at radius 2 is 1.88 bits per heavy atom. The molecule has 3 rings (SSSR count). The molecule has 25 heavy (non-hydrogen) atoms. The van der Waals surface area contributed by atoms with Crippen LogP contribution in [0.15, 0.2) is 6.33 Å². The SMILES string of the molecule is O=C(O)C1CCN(c2ncnc(OC3CCCCC3)c2[N+](=O)[O-])CC1. The van der Waals surface area contributed by atoms with Crippen LogP contribution in [0.2, 0.25) is 0 Å². The van der Waals surface area contributed by atoms with Crippen LogP contribution in [0, 0.1) is 16.0 Å². The van der Waals surface area contributed by atoms with E-state index in [0.29, 0.717) is 25.9 Å². The van der Waals surface area contributed by atoms with E-state index in [1.165, 1.54) is 6.33 Å². The molecule has 0 radical (unpaired) electrons. The largest absolute Gasteiger partial charge is 0.481 e. The Labute approximate surface area is 145 Å². The van der Waals surface area contributed by atoms with Crippen LogP contribution >= 0.6 is 0 Å². The topological polar surface area (TPSA) is 119 Å². The number of carbonyl (C=O) groups is 1. The lowest BCUT2D eigenvalue weighted by Crippen LogP contribution is -2.37. The van der Waals surface area contributed by atoms with E-state index >= 15 is 0 Å². The van der Waals surface area contributed by atoms with E-state index in [4.69, 9.17) is 9.84 Å². The molecule has 2 aliphatic rings. The lowest BCUT2D eigenvalue weighted by molar-refractivity contribution is -0.385.